The summed E-state index contributed by atoms with van der Waals surface area (Å²) in [5.41, 5.74) is 0.572. The van der Waals surface area contributed by atoms with Gasteiger partial charge in [-0.2, -0.15) is 12.6 Å². The highest BCUT2D eigenvalue weighted by molar-refractivity contribution is 7.80. The Balaban J connectivity index is 1.96. The van der Waals surface area contributed by atoms with Gasteiger partial charge in [0.05, 0.1) is 0 Å². The molecule has 0 N–H and O–H groups in total. The molecule has 15 heavy (non-hydrogen) atoms. The summed E-state index contributed by atoms with van der Waals surface area (Å²) in [6.45, 7) is 6.11. The van der Waals surface area contributed by atoms with Crippen LogP contribution in [-0.2, 0) is 0 Å². The van der Waals surface area contributed by atoms with Crippen LogP contribution in [0.25, 0.3) is 0 Å². The molecule has 0 radical (unpaired) electrons. The number of nitrogens with zero attached hydrogens (tertiary/aromatic N) is 1. The fraction of sp³-hybridized carbons (Fsp3) is 1.00. The van der Waals surface area contributed by atoms with Crippen LogP contribution < -0.4 is 0 Å². The van der Waals surface area contributed by atoms with Gasteiger partial charge in [0.15, 0.2) is 0 Å². The van der Waals surface area contributed by atoms with Gasteiger partial charge in [-0.1, -0.05) is 12.8 Å². The molecule has 0 aromatic heterocycles. The van der Waals surface area contributed by atoms with Gasteiger partial charge in [-0.05, 0) is 50.7 Å². The van der Waals surface area contributed by atoms with Crippen LogP contribution in [0.4, 0.5) is 0 Å². The van der Waals surface area contributed by atoms with Crippen molar-refractivity contribution in [1.82, 2.24) is 4.90 Å². The van der Waals surface area contributed by atoms with Crippen molar-refractivity contribution in [3.8, 4) is 0 Å². The van der Waals surface area contributed by atoms with Crippen LogP contribution in [0.1, 0.15) is 52.4 Å². The van der Waals surface area contributed by atoms with Crippen LogP contribution >= 0.6 is 12.6 Å². The van der Waals surface area contributed by atoms with Gasteiger partial charge in [0.25, 0.3) is 0 Å². The highest BCUT2D eigenvalue weighted by Crippen LogP contribution is 2.43. The van der Waals surface area contributed by atoms with E-state index in [9.17, 15) is 0 Å². The lowest BCUT2D eigenvalue weighted by Gasteiger charge is -2.49. The Hall–Kier alpha value is 0.310. The zero-order valence-corrected chi connectivity index (χ0v) is 11.1. The zero-order chi connectivity index (χ0) is 10.9. The first-order valence-corrected chi connectivity index (χ1v) is 7.17. The number of hydrogen-bond acceptors (Lipinski definition) is 2. The lowest BCUT2D eigenvalue weighted by atomic mass is 9.69. The zero-order valence-electron chi connectivity index (χ0n) is 10.2. The van der Waals surface area contributed by atoms with Crippen molar-refractivity contribution in [3.05, 3.63) is 0 Å². The molecule has 0 spiro atoms. The number of likely N-dealkylation sites (tertiary alicyclic amines) is 1. The summed E-state index contributed by atoms with van der Waals surface area (Å²) >= 11 is 4.56. The van der Waals surface area contributed by atoms with Gasteiger partial charge in [-0.3, -0.25) is 4.90 Å². The Labute approximate surface area is 100 Å². The fourth-order valence-electron chi connectivity index (χ4n) is 3.22. The maximum atomic E-state index is 4.56. The van der Waals surface area contributed by atoms with Gasteiger partial charge < -0.3 is 0 Å². The maximum Gasteiger partial charge on any atom is 0.00699 e. The van der Waals surface area contributed by atoms with E-state index >= 15 is 0 Å². The van der Waals surface area contributed by atoms with E-state index in [1.54, 1.807) is 0 Å². The third kappa shape index (κ3) is 2.36. The van der Waals surface area contributed by atoms with Crippen LogP contribution in [0, 0.1) is 5.41 Å². The van der Waals surface area contributed by atoms with E-state index in [4.69, 9.17) is 0 Å². The number of rotatable bonds is 3. The summed E-state index contributed by atoms with van der Waals surface area (Å²) in [5.74, 6) is 1.09. The summed E-state index contributed by atoms with van der Waals surface area (Å²) in [7, 11) is 0. The van der Waals surface area contributed by atoms with Crippen LogP contribution in [0.15, 0.2) is 0 Å². The van der Waals surface area contributed by atoms with Gasteiger partial charge in [0.2, 0.25) is 0 Å². The number of hydrogen-bond donors (Lipinski definition) is 1. The van der Waals surface area contributed by atoms with Gasteiger partial charge in [-0.15, -0.1) is 0 Å². The molecular weight excluding hydrogens is 202 g/mol. The molecule has 0 aromatic carbocycles. The lowest BCUT2D eigenvalue weighted by molar-refractivity contribution is 0.0215. The Morgan fingerprint density at radius 1 is 1.13 bits per heavy atom. The standard InChI is InChI=1S/C13H25NS/c1-11-5-3-6-12(2)14(11)9-13(10-15)7-4-8-13/h11-12,15H,3-10H2,1-2H3. The van der Waals surface area contributed by atoms with E-state index in [-0.39, 0.29) is 0 Å². The first-order chi connectivity index (χ1) is 7.17. The topological polar surface area (TPSA) is 3.24 Å². The predicted octanol–water partition coefficient (Wildman–Crippen LogP) is 3.35. The van der Waals surface area contributed by atoms with Crippen LogP contribution in [-0.4, -0.2) is 29.3 Å². The molecule has 1 nitrogen and oxygen atoms in total. The molecular formula is C13H25NS. The molecule has 1 aliphatic heterocycles. The van der Waals surface area contributed by atoms with E-state index < -0.39 is 0 Å². The van der Waals surface area contributed by atoms with Crippen LogP contribution in [0.2, 0.25) is 0 Å². The van der Waals surface area contributed by atoms with E-state index in [0.717, 1.165) is 17.8 Å². The van der Waals surface area contributed by atoms with Crippen molar-refractivity contribution in [1.29, 1.82) is 0 Å². The van der Waals surface area contributed by atoms with Crippen molar-refractivity contribution in [2.24, 2.45) is 5.41 Å². The SMILES string of the molecule is CC1CCCC(C)N1CC1(CS)CCC1. The Kier molecular flexibility index (Phi) is 3.67. The monoisotopic (exact) mass is 227 g/mol. The molecule has 1 heterocycles. The average Bonchev–Trinajstić information content (AvgIpc) is 2.15. The van der Waals surface area contributed by atoms with E-state index in [1.165, 1.54) is 45.1 Å². The molecule has 1 saturated heterocycles. The summed E-state index contributed by atoms with van der Waals surface area (Å²) in [5, 5.41) is 0. The van der Waals surface area contributed by atoms with Crippen molar-refractivity contribution in [2.45, 2.75) is 64.5 Å². The van der Waals surface area contributed by atoms with Gasteiger partial charge in [0, 0.05) is 18.6 Å². The fourth-order valence-corrected chi connectivity index (χ4v) is 3.63. The Morgan fingerprint density at radius 3 is 2.13 bits per heavy atom. The predicted molar refractivity (Wildman–Crippen MR) is 69.6 cm³/mol. The van der Waals surface area contributed by atoms with Gasteiger partial charge in [0.1, 0.15) is 0 Å². The minimum atomic E-state index is 0.572. The Bertz CT molecular complexity index is 197. The van der Waals surface area contributed by atoms with Gasteiger partial charge >= 0.3 is 0 Å². The second-order valence-corrected chi connectivity index (χ2v) is 6.13. The normalized spacial score (nSPS) is 36.2. The highest BCUT2D eigenvalue weighted by atomic mass is 32.1. The Morgan fingerprint density at radius 2 is 1.73 bits per heavy atom. The smallest absolute Gasteiger partial charge is 0.00699 e. The minimum absolute atomic E-state index is 0.572. The van der Waals surface area contributed by atoms with Crippen LogP contribution in [0.5, 0.6) is 0 Å². The quantitative estimate of drug-likeness (QED) is 0.724. The maximum absolute atomic E-state index is 4.56. The average molecular weight is 227 g/mol. The summed E-state index contributed by atoms with van der Waals surface area (Å²) in [6, 6.07) is 1.59. The molecule has 2 rings (SSSR count). The van der Waals surface area contributed by atoms with Gasteiger partial charge in [-0.25, -0.2) is 0 Å². The molecule has 0 bridgehead atoms. The minimum Gasteiger partial charge on any atom is -0.297 e. The molecule has 2 fully saturated rings. The van der Waals surface area contributed by atoms with Crippen molar-refractivity contribution in [2.75, 3.05) is 12.3 Å². The van der Waals surface area contributed by atoms with Crippen molar-refractivity contribution < 1.29 is 0 Å². The molecule has 2 atom stereocenters. The lowest BCUT2D eigenvalue weighted by Crippen LogP contribution is -2.52. The highest BCUT2D eigenvalue weighted by Gasteiger charge is 2.39. The number of thiol groups is 1. The second-order valence-electron chi connectivity index (χ2n) is 5.81. The molecule has 0 amide bonds. The van der Waals surface area contributed by atoms with E-state index in [1.807, 2.05) is 0 Å². The molecule has 0 aromatic rings. The summed E-state index contributed by atoms with van der Waals surface area (Å²) in [6.07, 6.45) is 8.46. The largest absolute Gasteiger partial charge is 0.297 e. The molecule has 1 aliphatic carbocycles. The second kappa shape index (κ2) is 4.67. The van der Waals surface area contributed by atoms with E-state index in [0.29, 0.717) is 5.41 Å². The first-order valence-electron chi connectivity index (χ1n) is 6.53. The molecule has 2 aliphatic rings. The van der Waals surface area contributed by atoms with E-state index in [2.05, 4.69) is 31.4 Å². The molecule has 2 unspecified atom stereocenters. The van der Waals surface area contributed by atoms with Crippen molar-refractivity contribution >= 4 is 12.6 Å². The molecule has 2 heteroatoms. The van der Waals surface area contributed by atoms with Crippen LogP contribution in [0.3, 0.4) is 0 Å². The molecule has 1 saturated carbocycles. The molecule has 88 valence electrons. The third-order valence-electron chi connectivity index (χ3n) is 4.64. The van der Waals surface area contributed by atoms with Crippen molar-refractivity contribution in [3.63, 3.8) is 0 Å². The summed E-state index contributed by atoms with van der Waals surface area (Å²) in [4.78, 5) is 2.75. The summed E-state index contributed by atoms with van der Waals surface area (Å²) < 4.78 is 0. The first kappa shape index (κ1) is 11.8. The number of piperidine rings is 1. The third-order valence-corrected chi connectivity index (χ3v) is 5.31.